The van der Waals surface area contributed by atoms with E-state index in [0.717, 1.165) is 67.5 Å². The van der Waals surface area contributed by atoms with E-state index in [2.05, 4.69) is 278 Å². The van der Waals surface area contributed by atoms with Crippen molar-refractivity contribution in [2.45, 2.75) is 24.7 Å². The average molecular weight is 909 g/mol. The number of fused-ring (bicyclic) bond motifs is 8. The van der Waals surface area contributed by atoms with Crippen LogP contribution < -0.4 is 14.5 Å². The largest absolute Gasteiger partial charge is 0.456 e. The van der Waals surface area contributed by atoms with Gasteiger partial charge in [-0.05, 0) is 133 Å². The van der Waals surface area contributed by atoms with Crippen LogP contribution in [0.5, 0.6) is 11.5 Å². The predicted octanol–water partition coefficient (Wildman–Crippen LogP) is 18.2. The molecule has 11 aromatic rings. The highest BCUT2D eigenvalue weighted by atomic mass is 16.5. The highest BCUT2D eigenvalue weighted by Crippen LogP contribution is 2.59. The summed E-state index contributed by atoms with van der Waals surface area (Å²) in [5, 5.41) is 2.20. The van der Waals surface area contributed by atoms with E-state index in [-0.39, 0.29) is 5.41 Å². The minimum absolute atomic E-state index is 0.189. The quantitative estimate of drug-likeness (QED) is 0.151. The minimum Gasteiger partial charge on any atom is -0.456 e. The van der Waals surface area contributed by atoms with Crippen molar-refractivity contribution in [2.75, 3.05) is 9.80 Å². The van der Waals surface area contributed by atoms with Crippen LogP contribution in [0.4, 0.5) is 34.1 Å². The second-order valence-corrected chi connectivity index (χ2v) is 19.6. The molecule has 71 heavy (non-hydrogen) atoms. The Morgan fingerprint density at radius 1 is 0.324 bits per heavy atom. The molecule has 0 atom stereocenters. The van der Waals surface area contributed by atoms with E-state index in [1.807, 2.05) is 0 Å². The van der Waals surface area contributed by atoms with Crippen LogP contribution >= 0.6 is 0 Å². The number of hydrogen-bond acceptors (Lipinski definition) is 3. The van der Waals surface area contributed by atoms with Gasteiger partial charge in [0.15, 0.2) is 0 Å². The molecule has 0 fully saturated rings. The lowest BCUT2D eigenvalue weighted by atomic mass is 9.67. The lowest BCUT2D eigenvalue weighted by molar-refractivity contribution is 0.487. The maximum atomic E-state index is 7.24. The zero-order valence-corrected chi connectivity index (χ0v) is 39.6. The van der Waals surface area contributed by atoms with Gasteiger partial charge < -0.3 is 14.5 Å². The SMILES string of the molecule is CC1(C)c2ccccc2-c2ccc(N(c3ccc4c(c3)C(c3ccccc3)(c3ccccc3)c3ccccc3-4)c3cc4c5c(cccc5c3)-c3c(cccc3N(c3ccccc3)c3ccccc3)O4)cc21. The van der Waals surface area contributed by atoms with Crippen LogP contribution in [-0.4, -0.2) is 0 Å². The summed E-state index contributed by atoms with van der Waals surface area (Å²) < 4.78 is 7.24. The lowest BCUT2D eigenvalue weighted by Gasteiger charge is -2.35. The van der Waals surface area contributed by atoms with E-state index in [0.29, 0.717) is 0 Å². The van der Waals surface area contributed by atoms with Crippen molar-refractivity contribution in [3.8, 4) is 44.9 Å². The summed E-state index contributed by atoms with van der Waals surface area (Å²) in [7, 11) is 0. The van der Waals surface area contributed by atoms with Gasteiger partial charge in [-0.2, -0.15) is 0 Å². The van der Waals surface area contributed by atoms with Gasteiger partial charge in [0, 0.05) is 45.2 Å². The molecule has 0 saturated carbocycles. The van der Waals surface area contributed by atoms with Crippen molar-refractivity contribution in [1.29, 1.82) is 0 Å². The van der Waals surface area contributed by atoms with Gasteiger partial charge in [0.05, 0.1) is 16.8 Å². The fraction of sp³-hybridized carbons (Fsp3) is 0.0588. The molecule has 0 saturated heterocycles. The standard InChI is InChI=1S/C68H48N2O/c1-67(2)58-33-17-15-30-53(58)55-39-37-50(42-60(55)67)69(51-38-40-56-54-31-16-18-34-59(54)68(61(56)43-51,46-22-7-3-8-23-46)47-24-9-4-10-25-47)52-41-45-21-19-32-57-65(45)64(44-52)71-63-36-20-35-62(66(57)63)70(48-26-11-5-12-27-48)49-28-13-6-14-29-49/h3-44H,1-2H3. The molecule has 11 aromatic carbocycles. The number of anilines is 6. The Morgan fingerprint density at radius 3 is 1.48 bits per heavy atom. The molecular formula is C68H48N2O. The van der Waals surface area contributed by atoms with Crippen molar-refractivity contribution in [3.63, 3.8) is 0 Å². The molecule has 3 nitrogen and oxygen atoms in total. The van der Waals surface area contributed by atoms with Gasteiger partial charge in [0.2, 0.25) is 0 Å². The smallest absolute Gasteiger partial charge is 0.138 e. The van der Waals surface area contributed by atoms with Gasteiger partial charge in [-0.25, -0.2) is 0 Å². The lowest BCUT2D eigenvalue weighted by Crippen LogP contribution is -2.28. The number of benzene rings is 11. The molecule has 3 aliphatic rings. The molecule has 14 rings (SSSR count). The van der Waals surface area contributed by atoms with Crippen molar-refractivity contribution >= 4 is 44.9 Å². The first-order chi connectivity index (χ1) is 35.0. The molecule has 1 heterocycles. The molecule has 336 valence electrons. The van der Waals surface area contributed by atoms with Gasteiger partial charge in [0.1, 0.15) is 11.5 Å². The number of ether oxygens (including phenoxy) is 1. The van der Waals surface area contributed by atoms with E-state index >= 15 is 0 Å². The third kappa shape index (κ3) is 6.09. The second kappa shape index (κ2) is 15.8. The van der Waals surface area contributed by atoms with Crippen molar-refractivity contribution in [3.05, 3.63) is 288 Å². The van der Waals surface area contributed by atoms with Gasteiger partial charge >= 0.3 is 0 Å². The van der Waals surface area contributed by atoms with Crippen LogP contribution in [0.25, 0.3) is 44.2 Å². The topological polar surface area (TPSA) is 15.7 Å². The molecule has 2 aliphatic carbocycles. The summed E-state index contributed by atoms with van der Waals surface area (Å²) in [4.78, 5) is 4.81. The molecule has 0 radical (unpaired) electrons. The maximum Gasteiger partial charge on any atom is 0.138 e. The molecule has 1 aliphatic heterocycles. The molecule has 0 bridgehead atoms. The van der Waals surface area contributed by atoms with Crippen molar-refractivity contribution in [1.82, 2.24) is 0 Å². The molecule has 3 heteroatoms. The van der Waals surface area contributed by atoms with E-state index in [9.17, 15) is 0 Å². The minimum atomic E-state index is -0.556. The Labute approximate surface area is 415 Å². The van der Waals surface area contributed by atoms with Gasteiger partial charge in [-0.1, -0.05) is 196 Å². The predicted molar refractivity (Wildman–Crippen MR) is 294 cm³/mol. The van der Waals surface area contributed by atoms with Gasteiger partial charge in [0.25, 0.3) is 0 Å². The molecular weight excluding hydrogens is 861 g/mol. The van der Waals surface area contributed by atoms with E-state index in [1.54, 1.807) is 0 Å². The zero-order valence-electron chi connectivity index (χ0n) is 39.6. The Balaban J connectivity index is 1.00. The van der Waals surface area contributed by atoms with E-state index < -0.39 is 5.41 Å². The van der Waals surface area contributed by atoms with Crippen molar-refractivity contribution < 1.29 is 4.74 Å². The van der Waals surface area contributed by atoms with Gasteiger partial charge in [-0.3, -0.25) is 0 Å². The zero-order chi connectivity index (χ0) is 47.3. The number of hydrogen-bond donors (Lipinski definition) is 0. The summed E-state index contributed by atoms with van der Waals surface area (Å²) in [6.07, 6.45) is 0. The first kappa shape index (κ1) is 41.1. The maximum absolute atomic E-state index is 7.24. The fourth-order valence-electron chi connectivity index (χ4n) is 12.4. The van der Waals surface area contributed by atoms with E-state index in [4.69, 9.17) is 4.74 Å². The molecule has 0 N–H and O–H groups in total. The summed E-state index contributed by atoms with van der Waals surface area (Å²) in [5.74, 6) is 1.66. The highest BCUT2D eigenvalue weighted by molar-refractivity contribution is 6.09. The third-order valence-corrected chi connectivity index (χ3v) is 15.5. The van der Waals surface area contributed by atoms with Crippen LogP contribution in [-0.2, 0) is 10.8 Å². The van der Waals surface area contributed by atoms with Crippen LogP contribution in [0.1, 0.15) is 47.2 Å². The Bertz CT molecular complexity index is 3800. The monoisotopic (exact) mass is 908 g/mol. The van der Waals surface area contributed by atoms with Crippen LogP contribution in [0.15, 0.2) is 255 Å². The Hall–Kier alpha value is -8.92. The first-order valence-corrected chi connectivity index (χ1v) is 24.7. The highest BCUT2D eigenvalue weighted by Gasteiger charge is 2.46. The summed E-state index contributed by atoms with van der Waals surface area (Å²) >= 11 is 0. The number of para-hydroxylation sites is 2. The molecule has 0 spiro atoms. The number of nitrogens with zero attached hydrogens (tertiary/aromatic N) is 2. The van der Waals surface area contributed by atoms with Crippen LogP contribution in [0.2, 0.25) is 0 Å². The Morgan fingerprint density at radius 2 is 0.831 bits per heavy atom. The summed E-state index contributed by atoms with van der Waals surface area (Å²) in [6.45, 7) is 4.73. The van der Waals surface area contributed by atoms with Crippen LogP contribution in [0.3, 0.4) is 0 Å². The molecule has 0 unspecified atom stereocenters. The second-order valence-electron chi connectivity index (χ2n) is 19.6. The van der Waals surface area contributed by atoms with E-state index in [1.165, 1.54) is 55.6 Å². The number of rotatable bonds is 8. The third-order valence-electron chi connectivity index (χ3n) is 15.5. The Kier molecular flexibility index (Phi) is 9.15. The average Bonchev–Trinajstić information content (AvgIpc) is 3.85. The van der Waals surface area contributed by atoms with Gasteiger partial charge in [-0.15, -0.1) is 0 Å². The fourth-order valence-corrected chi connectivity index (χ4v) is 12.4. The summed E-state index contributed by atoms with van der Waals surface area (Å²) in [5.41, 5.74) is 20.7. The van der Waals surface area contributed by atoms with Crippen LogP contribution in [0, 0.1) is 0 Å². The molecule has 0 amide bonds. The normalized spacial score (nSPS) is 13.8. The van der Waals surface area contributed by atoms with Crippen molar-refractivity contribution in [2.24, 2.45) is 0 Å². The molecule has 0 aromatic heterocycles. The summed E-state index contributed by atoms with van der Waals surface area (Å²) in [6, 6.07) is 93.3. The first-order valence-electron chi connectivity index (χ1n) is 24.7.